The summed E-state index contributed by atoms with van der Waals surface area (Å²) in [5, 5.41) is 5.98. The minimum Gasteiger partial charge on any atom is -0.494 e. The second-order valence-corrected chi connectivity index (χ2v) is 7.20. The number of nitrogens with one attached hydrogen (secondary N) is 1. The molecule has 2 rings (SSSR count). The molecule has 2 aromatic heterocycles. The predicted octanol–water partition coefficient (Wildman–Crippen LogP) is 6.58. The Balaban J connectivity index is 1.67. The summed E-state index contributed by atoms with van der Waals surface area (Å²) in [6.07, 6.45) is 14.8. The maximum absolute atomic E-state index is 5.64. The number of aromatic nitrogens is 2. The van der Waals surface area contributed by atoms with Crippen molar-refractivity contribution in [2.75, 3.05) is 11.9 Å². The predicted molar refractivity (Wildman–Crippen MR) is 116 cm³/mol. The van der Waals surface area contributed by atoms with Crippen LogP contribution in [0.4, 0.5) is 5.13 Å². The van der Waals surface area contributed by atoms with E-state index in [1.807, 2.05) is 29.7 Å². The zero-order valence-electron chi connectivity index (χ0n) is 16.1. The van der Waals surface area contributed by atoms with E-state index < -0.39 is 0 Å². The van der Waals surface area contributed by atoms with E-state index in [0.29, 0.717) is 5.76 Å². The molecule has 0 atom stereocenters. The minimum absolute atomic E-state index is 0.654. The topological polar surface area (TPSA) is 47.0 Å². The first-order chi connectivity index (χ1) is 13.2. The van der Waals surface area contributed by atoms with Crippen LogP contribution in [0.25, 0.3) is 11.3 Å². The van der Waals surface area contributed by atoms with Crippen LogP contribution >= 0.6 is 11.3 Å². The highest BCUT2D eigenvalue weighted by Crippen LogP contribution is 2.24. The summed E-state index contributed by atoms with van der Waals surface area (Å²) in [5.74, 6) is 0.654. The fraction of sp³-hybridized carbons (Fsp3) is 0.364. The Morgan fingerprint density at radius 2 is 2.00 bits per heavy atom. The molecule has 27 heavy (non-hydrogen) atoms. The van der Waals surface area contributed by atoms with Crippen LogP contribution < -0.4 is 5.32 Å². The third-order valence-electron chi connectivity index (χ3n) is 3.98. The lowest BCUT2D eigenvalue weighted by atomic mass is 10.1. The maximum Gasteiger partial charge on any atom is 0.187 e. The van der Waals surface area contributed by atoms with Crippen LogP contribution in [0.3, 0.4) is 0 Å². The number of anilines is 1. The third-order valence-corrected chi connectivity index (χ3v) is 4.74. The van der Waals surface area contributed by atoms with Gasteiger partial charge >= 0.3 is 0 Å². The second kappa shape index (κ2) is 12.1. The van der Waals surface area contributed by atoms with Crippen molar-refractivity contribution < 1.29 is 4.74 Å². The van der Waals surface area contributed by atoms with Gasteiger partial charge in [0.15, 0.2) is 5.13 Å². The van der Waals surface area contributed by atoms with Crippen molar-refractivity contribution >= 4 is 16.5 Å². The average Bonchev–Trinajstić information content (AvgIpc) is 3.15. The van der Waals surface area contributed by atoms with Gasteiger partial charge < -0.3 is 10.1 Å². The maximum atomic E-state index is 5.64. The van der Waals surface area contributed by atoms with E-state index >= 15 is 0 Å². The Bertz CT molecular complexity index is 737. The Labute approximate surface area is 166 Å². The Morgan fingerprint density at radius 3 is 2.78 bits per heavy atom. The number of pyridine rings is 1. The molecule has 0 saturated heterocycles. The van der Waals surface area contributed by atoms with Crippen LogP contribution in [0.2, 0.25) is 0 Å². The van der Waals surface area contributed by atoms with Crippen molar-refractivity contribution in [3.8, 4) is 11.3 Å². The largest absolute Gasteiger partial charge is 0.494 e. The molecule has 0 aliphatic carbocycles. The molecule has 0 aliphatic rings. The number of thiazole rings is 1. The second-order valence-electron chi connectivity index (χ2n) is 6.35. The number of allylic oxidation sites excluding steroid dienone is 2. The zero-order chi connectivity index (χ0) is 19.3. The van der Waals surface area contributed by atoms with Gasteiger partial charge in [0.2, 0.25) is 0 Å². The number of nitrogens with zero attached hydrogens (tertiary/aromatic N) is 2. The molecule has 0 saturated carbocycles. The van der Waals surface area contributed by atoms with Crippen LogP contribution in [0, 0.1) is 0 Å². The van der Waals surface area contributed by atoms with Gasteiger partial charge in [0.05, 0.1) is 12.3 Å². The molecular weight excluding hydrogens is 354 g/mol. The molecule has 5 heteroatoms. The van der Waals surface area contributed by atoms with Crippen molar-refractivity contribution in [3.05, 3.63) is 66.7 Å². The normalized spacial score (nSPS) is 10.9. The standard InChI is InChI=1S/C22H29N3OS/c1-4-5-6-7-8-9-15-26-19(3)13-12-18(2)24-22-25-21(17-27-22)20-11-10-14-23-16-20/h10-14,16-17H,2-9,15H2,1H3,(H,24,25)/b13-12-. The molecule has 144 valence electrons. The summed E-state index contributed by atoms with van der Waals surface area (Å²) in [6, 6.07) is 3.89. The SMILES string of the molecule is C=C(/C=C\C(=C)OCCCCCCCC)Nc1nc(-c2cccnc2)cs1. The van der Waals surface area contributed by atoms with E-state index in [1.54, 1.807) is 12.4 Å². The van der Waals surface area contributed by atoms with Crippen LogP contribution in [0.15, 0.2) is 66.7 Å². The quantitative estimate of drug-likeness (QED) is 0.241. The molecule has 0 spiro atoms. The van der Waals surface area contributed by atoms with E-state index in [4.69, 9.17) is 4.74 Å². The van der Waals surface area contributed by atoms with Gasteiger partial charge in [-0.05, 0) is 30.7 Å². The van der Waals surface area contributed by atoms with Gasteiger partial charge in [-0.25, -0.2) is 4.98 Å². The highest BCUT2D eigenvalue weighted by atomic mass is 32.1. The summed E-state index contributed by atoms with van der Waals surface area (Å²) in [7, 11) is 0. The van der Waals surface area contributed by atoms with Crippen LogP contribution in [0.5, 0.6) is 0 Å². The smallest absolute Gasteiger partial charge is 0.187 e. The molecule has 0 aromatic carbocycles. The molecule has 0 aliphatic heterocycles. The summed E-state index contributed by atoms with van der Waals surface area (Å²) >= 11 is 1.53. The molecule has 0 fully saturated rings. The van der Waals surface area contributed by atoms with Crippen LogP contribution in [0.1, 0.15) is 45.4 Å². The summed E-state index contributed by atoms with van der Waals surface area (Å²) in [6.45, 7) is 10.9. The lowest BCUT2D eigenvalue weighted by Crippen LogP contribution is -1.96. The third kappa shape index (κ3) is 8.22. The fourth-order valence-corrected chi connectivity index (χ4v) is 3.24. The number of hydrogen-bond donors (Lipinski definition) is 1. The van der Waals surface area contributed by atoms with Crippen molar-refractivity contribution in [2.24, 2.45) is 0 Å². The first kappa shape index (κ1) is 20.9. The Kier molecular flexibility index (Phi) is 9.35. The number of ether oxygens (including phenoxy) is 1. The number of rotatable bonds is 13. The molecule has 0 unspecified atom stereocenters. The molecular formula is C22H29N3OS. The van der Waals surface area contributed by atoms with E-state index in [2.05, 4.69) is 35.4 Å². The highest BCUT2D eigenvalue weighted by Gasteiger charge is 2.04. The van der Waals surface area contributed by atoms with Crippen molar-refractivity contribution in [1.29, 1.82) is 0 Å². The van der Waals surface area contributed by atoms with E-state index in [0.717, 1.165) is 35.1 Å². The van der Waals surface area contributed by atoms with Gasteiger partial charge in [0, 0.05) is 29.0 Å². The van der Waals surface area contributed by atoms with Gasteiger partial charge in [-0.3, -0.25) is 4.98 Å². The van der Waals surface area contributed by atoms with Crippen molar-refractivity contribution in [2.45, 2.75) is 45.4 Å². The van der Waals surface area contributed by atoms with Crippen LogP contribution in [-0.4, -0.2) is 16.6 Å². The first-order valence-corrected chi connectivity index (χ1v) is 10.4. The average molecular weight is 384 g/mol. The van der Waals surface area contributed by atoms with E-state index in [-0.39, 0.29) is 0 Å². The van der Waals surface area contributed by atoms with Crippen LogP contribution in [-0.2, 0) is 4.74 Å². The first-order valence-electron chi connectivity index (χ1n) is 9.50. The number of unbranched alkanes of at least 4 members (excludes halogenated alkanes) is 5. The summed E-state index contributed by atoms with van der Waals surface area (Å²) < 4.78 is 5.64. The molecule has 2 heterocycles. The fourth-order valence-electron chi connectivity index (χ4n) is 2.48. The van der Waals surface area contributed by atoms with E-state index in [9.17, 15) is 0 Å². The van der Waals surface area contributed by atoms with Gasteiger partial charge in [-0.1, -0.05) is 52.2 Å². The molecule has 4 nitrogen and oxygen atoms in total. The molecule has 0 amide bonds. The van der Waals surface area contributed by atoms with E-state index in [1.165, 1.54) is 43.4 Å². The van der Waals surface area contributed by atoms with Crippen molar-refractivity contribution in [3.63, 3.8) is 0 Å². The number of hydrogen-bond acceptors (Lipinski definition) is 5. The molecule has 0 bridgehead atoms. The lowest BCUT2D eigenvalue weighted by molar-refractivity contribution is 0.218. The molecule has 2 aromatic rings. The monoisotopic (exact) mass is 383 g/mol. The Morgan fingerprint density at radius 1 is 1.19 bits per heavy atom. The van der Waals surface area contributed by atoms with Crippen molar-refractivity contribution in [1.82, 2.24) is 9.97 Å². The lowest BCUT2D eigenvalue weighted by Gasteiger charge is -2.06. The Hall–Kier alpha value is -2.40. The molecule has 0 radical (unpaired) electrons. The van der Waals surface area contributed by atoms with Gasteiger partial charge in [0.1, 0.15) is 5.76 Å². The zero-order valence-corrected chi connectivity index (χ0v) is 16.9. The summed E-state index contributed by atoms with van der Waals surface area (Å²) in [5.41, 5.74) is 2.64. The van der Waals surface area contributed by atoms with Gasteiger partial charge in [-0.2, -0.15) is 0 Å². The molecule has 1 N–H and O–H groups in total. The summed E-state index contributed by atoms with van der Waals surface area (Å²) in [4.78, 5) is 8.68. The van der Waals surface area contributed by atoms with Gasteiger partial charge in [-0.15, -0.1) is 11.3 Å². The van der Waals surface area contributed by atoms with Gasteiger partial charge in [0.25, 0.3) is 0 Å². The highest BCUT2D eigenvalue weighted by molar-refractivity contribution is 7.14. The minimum atomic E-state index is 0.654.